The molecule has 2 rings (SSSR count). The lowest BCUT2D eigenvalue weighted by Gasteiger charge is -2.02. The van der Waals surface area contributed by atoms with E-state index in [0.29, 0.717) is 6.61 Å². The third-order valence-electron chi connectivity index (χ3n) is 2.50. The molecule has 1 aliphatic heterocycles. The van der Waals surface area contributed by atoms with Crippen LogP contribution in [0.5, 0.6) is 0 Å². The second-order valence-electron chi connectivity index (χ2n) is 3.39. The van der Waals surface area contributed by atoms with E-state index in [1.54, 1.807) is 0 Å². The average molecular weight is 172 g/mol. The molecule has 1 aliphatic rings. The van der Waals surface area contributed by atoms with E-state index in [-0.39, 0.29) is 0 Å². The number of benzene rings is 1. The summed E-state index contributed by atoms with van der Waals surface area (Å²) in [6, 6.07) is 4.32. The number of ether oxygens (including phenoxy) is 1. The lowest BCUT2D eigenvalue weighted by Crippen LogP contribution is -1.87. The molecule has 66 valence electrons. The van der Waals surface area contributed by atoms with E-state index in [0.717, 1.165) is 11.3 Å². The summed E-state index contributed by atoms with van der Waals surface area (Å²) in [6.45, 7) is 8.49. The van der Waals surface area contributed by atoms with Crippen molar-refractivity contribution >= 4 is 5.76 Å². The van der Waals surface area contributed by atoms with Crippen molar-refractivity contribution in [2.24, 2.45) is 0 Å². The Labute approximate surface area is 78.3 Å². The Hall–Kier alpha value is -1.46. The van der Waals surface area contributed by atoms with Crippen LogP contribution in [0.1, 0.15) is 22.3 Å². The molecular formula is C12H12O. The van der Waals surface area contributed by atoms with Crippen molar-refractivity contribution < 1.29 is 4.74 Å². The Morgan fingerprint density at radius 2 is 2.00 bits per heavy atom. The Bertz CT molecular complexity index is 409. The van der Waals surface area contributed by atoms with Crippen LogP contribution in [-0.4, -0.2) is 0 Å². The summed E-state index contributed by atoms with van der Waals surface area (Å²) in [5, 5.41) is 0. The van der Waals surface area contributed by atoms with Crippen LogP contribution in [0.4, 0.5) is 0 Å². The van der Waals surface area contributed by atoms with Gasteiger partial charge in [-0.15, -0.1) is 0 Å². The maximum Gasteiger partial charge on any atom is 0.169 e. The fraction of sp³-hybridized carbons (Fsp3) is 0.250. The predicted molar refractivity (Wildman–Crippen MR) is 53.3 cm³/mol. The van der Waals surface area contributed by atoms with Gasteiger partial charge in [0.05, 0.1) is 0 Å². The summed E-state index contributed by atoms with van der Waals surface area (Å²) in [5.74, 6) is 0.790. The van der Waals surface area contributed by atoms with Gasteiger partial charge in [-0.1, -0.05) is 18.4 Å². The number of rotatable bonds is 0. The zero-order valence-corrected chi connectivity index (χ0v) is 7.98. The molecule has 1 aromatic rings. The molecule has 0 fully saturated rings. The third-order valence-corrected chi connectivity index (χ3v) is 2.50. The summed E-state index contributed by atoms with van der Waals surface area (Å²) in [4.78, 5) is 0. The van der Waals surface area contributed by atoms with Crippen LogP contribution in [0.25, 0.3) is 5.76 Å². The molecule has 0 aromatic heterocycles. The highest BCUT2D eigenvalue weighted by Gasteiger charge is 2.17. The minimum atomic E-state index is 0.661. The monoisotopic (exact) mass is 172 g/mol. The van der Waals surface area contributed by atoms with Gasteiger partial charge in [0, 0.05) is 11.1 Å². The van der Waals surface area contributed by atoms with Crippen molar-refractivity contribution in [2.75, 3.05) is 0 Å². The number of hydrogen-bond acceptors (Lipinski definition) is 1. The topological polar surface area (TPSA) is 9.23 Å². The quantitative estimate of drug-likeness (QED) is 0.547. The predicted octanol–water partition coefficient (Wildman–Crippen LogP) is 2.96. The average Bonchev–Trinajstić information content (AvgIpc) is 2.48. The standard InChI is InChI=1S/C12H12O/c1-4-12-11-6-9(3)8(2)5-10(11)7-13-12/h5-6H,1,7H2,2-3H3. The maximum absolute atomic E-state index is 5.43. The zero-order chi connectivity index (χ0) is 9.42. The van der Waals surface area contributed by atoms with E-state index in [1.165, 1.54) is 16.7 Å². The minimum absolute atomic E-state index is 0.661. The molecule has 0 spiro atoms. The molecule has 1 aromatic carbocycles. The zero-order valence-electron chi connectivity index (χ0n) is 7.98. The molecule has 0 atom stereocenters. The van der Waals surface area contributed by atoms with Gasteiger partial charge in [0.25, 0.3) is 0 Å². The number of fused-ring (bicyclic) bond motifs is 1. The second kappa shape index (κ2) is 2.79. The van der Waals surface area contributed by atoms with Gasteiger partial charge in [-0.3, -0.25) is 0 Å². The van der Waals surface area contributed by atoms with Gasteiger partial charge in [-0.2, -0.15) is 0 Å². The molecule has 0 N–H and O–H groups in total. The van der Waals surface area contributed by atoms with Crippen molar-refractivity contribution in [1.29, 1.82) is 0 Å². The molecule has 0 saturated heterocycles. The summed E-state index contributed by atoms with van der Waals surface area (Å²) in [5.41, 5.74) is 7.81. The Balaban J connectivity index is 2.67. The third kappa shape index (κ3) is 1.18. The molecule has 1 nitrogen and oxygen atoms in total. The highest BCUT2D eigenvalue weighted by molar-refractivity contribution is 5.66. The van der Waals surface area contributed by atoms with Gasteiger partial charge in [-0.05, 0) is 31.0 Å². The van der Waals surface area contributed by atoms with E-state index in [9.17, 15) is 0 Å². The SMILES string of the molecule is C=C=C1OCc2cc(C)c(C)cc21. The summed E-state index contributed by atoms with van der Waals surface area (Å²) < 4.78 is 5.43. The number of aryl methyl sites for hydroxylation is 2. The summed E-state index contributed by atoms with van der Waals surface area (Å²) in [7, 11) is 0. The first-order valence-corrected chi connectivity index (χ1v) is 4.35. The van der Waals surface area contributed by atoms with Gasteiger partial charge >= 0.3 is 0 Å². The highest BCUT2D eigenvalue weighted by atomic mass is 16.5. The summed E-state index contributed by atoms with van der Waals surface area (Å²) >= 11 is 0. The van der Waals surface area contributed by atoms with E-state index in [2.05, 4.69) is 38.3 Å². The Morgan fingerprint density at radius 1 is 1.31 bits per heavy atom. The van der Waals surface area contributed by atoms with Crippen molar-refractivity contribution in [3.63, 3.8) is 0 Å². The molecule has 1 heteroatoms. The van der Waals surface area contributed by atoms with Gasteiger partial charge in [0.2, 0.25) is 0 Å². The largest absolute Gasteiger partial charge is 0.481 e. The molecule has 0 radical (unpaired) electrons. The van der Waals surface area contributed by atoms with Gasteiger partial charge in [-0.25, -0.2) is 0 Å². The van der Waals surface area contributed by atoms with Crippen LogP contribution in [-0.2, 0) is 11.3 Å². The second-order valence-corrected chi connectivity index (χ2v) is 3.39. The van der Waals surface area contributed by atoms with Crippen molar-refractivity contribution in [1.82, 2.24) is 0 Å². The van der Waals surface area contributed by atoms with Crippen molar-refractivity contribution in [3.05, 3.63) is 46.7 Å². The fourth-order valence-corrected chi connectivity index (χ4v) is 1.58. The smallest absolute Gasteiger partial charge is 0.169 e. The first kappa shape index (κ1) is 8.15. The molecule has 0 unspecified atom stereocenters. The van der Waals surface area contributed by atoms with E-state index < -0.39 is 0 Å². The first-order chi connectivity index (χ1) is 6.22. The van der Waals surface area contributed by atoms with Crippen LogP contribution in [0.15, 0.2) is 24.4 Å². The van der Waals surface area contributed by atoms with Crippen LogP contribution >= 0.6 is 0 Å². The Morgan fingerprint density at radius 3 is 2.69 bits per heavy atom. The van der Waals surface area contributed by atoms with Gasteiger partial charge < -0.3 is 4.74 Å². The minimum Gasteiger partial charge on any atom is -0.481 e. The lowest BCUT2D eigenvalue weighted by molar-refractivity contribution is 0.286. The Kier molecular flexibility index (Phi) is 1.75. The number of hydrogen-bond donors (Lipinski definition) is 0. The first-order valence-electron chi connectivity index (χ1n) is 4.35. The normalized spacial score (nSPS) is 13.5. The van der Waals surface area contributed by atoms with E-state index in [1.807, 2.05) is 0 Å². The lowest BCUT2D eigenvalue weighted by atomic mass is 10.0. The van der Waals surface area contributed by atoms with Crippen LogP contribution in [0.2, 0.25) is 0 Å². The molecule has 0 bridgehead atoms. The highest BCUT2D eigenvalue weighted by Crippen LogP contribution is 2.30. The van der Waals surface area contributed by atoms with Crippen LogP contribution < -0.4 is 0 Å². The van der Waals surface area contributed by atoms with Crippen LogP contribution in [0, 0.1) is 13.8 Å². The van der Waals surface area contributed by atoms with Crippen LogP contribution in [0.3, 0.4) is 0 Å². The summed E-state index contributed by atoms with van der Waals surface area (Å²) in [6.07, 6.45) is 0. The maximum atomic E-state index is 5.43. The molecule has 1 heterocycles. The molecule has 0 aliphatic carbocycles. The molecular weight excluding hydrogens is 160 g/mol. The van der Waals surface area contributed by atoms with Gasteiger partial charge in [0.1, 0.15) is 6.61 Å². The van der Waals surface area contributed by atoms with Crippen molar-refractivity contribution in [2.45, 2.75) is 20.5 Å². The molecule has 0 saturated carbocycles. The fourth-order valence-electron chi connectivity index (χ4n) is 1.58. The van der Waals surface area contributed by atoms with E-state index in [4.69, 9.17) is 4.74 Å². The van der Waals surface area contributed by atoms with E-state index >= 15 is 0 Å². The van der Waals surface area contributed by atoms with Crippen molar-refractivity contribution in [3.8, 4) is 0 Å². The molecule has 0 amide bonds. The molecule has 13 heavy (non-hydrogen) atoms. The van der Waals surface area contributed by atoms with Gasteiger partial charge in [0.15, 0.2) is 5.76 Å².